The third-order valence-corrected chi connectivity index (χ3v) is 2.47. The highest BCUT2D eigenvalue weighted by Crippen LogP contribution is 2.33. The van der Waals surface area contributed by atoms with Gasteiger partial charge in [0, 0.05) is 5.56 Å². The van der Waals surface area contributed by atoms with Crippen molar-refractivity contribution in [2.75, 3.05) is 6.61 Å². The van der Waals surface area contributed by atoms with E-state index in [9.17, 15) is 26.7 Å². The summed E-state index contributed by atoms with van der Waals surface area (Å²) in [6.45, 7) is 1.18. The molecule has 112 valence electrons. The zero-order valence-electron chi connectivity index (χ0n) is 9.80. The highest BCUT2D eigenvalue weighted by Gasteiger charge is 2.36. The third-order valence-electron chi connectivity index (χ3n) is 1.91. The Labute approximate surface area is 123 Å². The van der Waals surface area contributed by atoms with Crippen molar-refractivity contribution in [3.63, 3.8) is 0 Å². The molecule has 10 heteroatoms. The molecule has 0 fully saturated rings. The summed E-state index contributed by atoms with van der Waals surface area (Å²) in [5, 5.41) is 0. The summed E-state index contributed by atoms with van der Waals surface area (Å²) in [5.41, 5.74) is -1.96. The lowest BCUT2D eigenvalue weighted by Gasteiger charge is -2.15. The number of aromatic nitrogens is 1. The average molecular weight is 411 g/mol. The van der Waals surface area contributed by atoms with E-state index in [0.717, 1.165) is 6.07 Å². The Morgan fingerprint density at radius 1 is 1.45 bits per heavy atom. The Morgan fingerprint density at radius 2 is 2.05 bits per heavy atom. The van der Waals surface area contributed by atoms with Crippen molar-refractivity contribution < 1.29 is 36.2 Å². The molecule has 1 aromatic heterocycles. The number of pyridine rings is 1. The van der Waals surface area contributed by atoms with Gasteiger partial charge in [0.15, 0.2) is 0 Å². The number of alkyl halides is 5. The Kier molecular flexibility index (Phi) is 5.48. The maximum Gasteiger partial charge on any atom is 0.574 e. The molecule has 0 spiro atoms. The van der Waals surface area contributed by atoms with E-state index in [-0.39, 0.29) is 10.3 Å². The first-order valence-corrected chi connectivity index (χ1v) is 6.15. The second kappa shape index (κ2) is 6.50. The van der Waals surface area contributed by atoms with Crippen LogP contribution in [0.5, 0.6) is 5.88 Å². The average Bonchev–Trinajstić information content (AvgIpc) is 2.25. The highest BCUT2D eigenvalue weighted by atomic mass is 127. The molecular formula is C10H7F5INO3. The van der Waals surface area contributed by atoms with Crippen LogP contribution in [0.2, 0.25) is 0 Å². The van der Waals surface area contributed by atoms with Crippen LogP contribution in [0.25, 0.3) is 0 Å². The molecule has 1 rings (SSSR count). The van der Waals surface area contributed by atoms with E-state index in [1.54, 1.807) is 0 Å². The number of rotatable bonds is 4. The molecule has 0 radical (unpaired) electrons. The zero-order valence-corrected chi connectivity index (χ0v) is 12.0. The molecule has 0 unspecified atom stereocenters. The van der Waals surface area contributed by atoms with E-state index in [0.29, 0.717) is 0 Å². The van der Waals surface area contributed by atoms with Gasteiger partial charge >= 0.3 is 12.3 Å². The minimum atomic E-state index is -5.17. The molecule has 1 heterocycles. The van der Waals surface area contributed by atoms with E-state index in [1.165, 1.54) is 29.5 Å². The summed E-state index contributed by atoms with van der Waals surface area (Å²) in [5.74, 6) is -2.61. The van der Waals surface area contributed by atoms with Crippen molar-refractivity contribution >= 4 is 28.6 Å². The number of ether oxygens (including phenoxy) is 2. The highest BCUT2D eigenvalue weighted by molar-refractivity contribution is 14.1. The SMILES string of the molecule is CCOC(=O)c1c(C(F)F)cc(I)nc1OC(F)(F)F. The van der Waals surface area contributed by atoms with Gasteiger partial charge in [-0.25, -0.2) is 18.6 Å². The molecule has 4 nitrogen and oxygen atoms in total. The van der Waals surface area contributed by atoms with Crippen LogP contribution in [0.3, 0.4) is 0 Å². The van der Waals surface area contributed by atoms with Crippen molar-refractivity contribution in [2.45, 2.75) is 19.7 Å². The van der Waals surface area contributed by atoms with Crippen LogP contribution >= 0.6 is 22.6 Å². The molecule has 0 atom stereocenters. The van der Waals surface area contributed by atoms with Gasteiger partial charge in [-0.3, -0.25) is 0 Å². The van der Waals surface area contributed by atoms with Crippen molar-refractivity contribution in [3.05, 3.63) is 20.9 Å². The Morgan fingerprint density at radius 3 is 2.50 bits per heavy atom. The lowest BCUT2D eigenvalue weighted by Crippen LogP contribution is -2.22. The molecule has 0 bridgehead atoms. The largest absolute Gasteiger partial charge is 0.574 e. The van der Waals surface area contributed by atoms with Crippen molar-refractivity contribution in [2.24, 2.45) is 0 Å². The molecule has 0 saturated carbocycles. The number of nitrogens with zero attached hydrogens (tertiary/aromatic N) is 1. The predicted molar refractivity (Wildman–Crippen MR) is 64.6 cm³/mol. The first kappa shape index (κ1) is 16.9. The number of carbonyl (C=O) groups excluding carboxylic acids is 1. The number of hydrogen-bond acceptors (Lipinski definition) is 4. The standard InChI is InChI=1S/C10H7F5INO3/c1-2-19-9(18)6-4(7(11)12)3-5(16)17-8(6)20-10(13,14)15/h3,7H,2H2,1H3. The van der Waals surface area contributed by atoms with Gasteiger partial charge in [0.1, 0.15) is 9.26 Å². The zero-order chi connectivity index (χ0) is 15.5. The van der Waals surface area contributed by atoms with Crippen molar-refractivity contribution in [1.29, 1.82) is 0 Å². The molecular weight excluding hydrogens is 404 g/mol. The maximum absolute atomic E-state index is 12.8. The molecule has 0 aliphatic heterocycles. The minimum Gasteiger partial charge on any atom is -0.462 e. The topological polar surface area (TPSA) is 48.4 Å². The van der Waals surface area contributed by atoms with Gasteiger partial charge in [0.25, 0.3) is 6.43 Å². The first-order valence-electron chi connectivity index (χ1n) is 5.07. The van der Waals surface area contributed by atoms with Gasteiger partial charge in [-0.1, -0.05) is 0 Å². The third kappa shape index (κ3) is 4.42. The number of esters is 1. The smallest absolute Gasteiger partial charge is 0.462 e. The first-order chi connectivity index (χ1) is 9.15. The van der Waals surface area contributed by atoms with Gasteiger partial charge in [-0.2, -0.15) is 0 Å². The summed E-state index contributed by atoms with van der Waals surface area (Å²) in [6, 6.07) is 0.792. The molecule has 0 amide bonds. The number of carbonyl (C=O) groups is 1. The van der Waals surface area contributed by atoms with E-state index >= 15 is 0 Å². The maximum atomic E-state index is 12.8. The fourth-order valence-corrected chi connectivity index (χ4v) is 1.83. The second-order valence-corrected chi connectivity index (χ2v) is 4.39. The summed E-state index contributed by atoms with van der Waals surface area (Å²) >= 11 is 1.43. The van der Waals surface area contributed by atoms with Crippen LogP contribution in [0.4, 0.5) is 22.0 Å². The molecule has 20 heavy (non-hydrogen) atoms. The molecule has 0 aromatic carbocycles. The molecule has 0 saturated heterocycles. The van der Waals surface area contributed by atoms with E-state index in [4.69, 9.17) is 0 Å². The quantitative estimate of drug-likeness (QED) is 0.328. The van der Waals surface area contributed by atoms with Gasteiger partial charge in [-0.15, -0.1) is 13.2 Å². The molecule has 0 aliphatic carbocycles. The van der Waals surface area contributed by atoms with E-state index < -0.39 is 35.8 Å². The van der Waals surface area contributed by atoms with Crippen LogP contribution in [-0.4, -0.2) is 23.9 Å². The van der Waals surface area contributed by atoms with Crippen LogP contribution < -0.4 is 4.74 Å². The lowest BCUT2D eigenvalue weighted by atomic mass is 10.1. The van der Waals surface area contributed by atoms with E-state index in [1.807, 2.05) is 0 Å². The fraction of sp³-hybridized carbons (Fsp3) is 0.400. The minimum absolute atomic E-state index is 0.176. The van der Waals surface area contributed by atoms with Crippen LogP contribution in [-0.2, 0) is 4.74 Å². The van der Waals surface area contributed by atoms with E-state index in [2.05, 4.69) is 14.5 Å². The van der Waals surface area contributed by atoms with Gasteiger partial charge in [0.05, 0.1) is 6.61 Å². The van der Waals surface area contributed by atoms with Gasteiger partial charge in [-0.05, 0) is 35.6 Å². The summed E-state index contributed by atoms with van der Waals surface area (Å²) in [6.07, 6.45) is -8.35. The lowest BCUT2D eigenvalue weighted by molar-refractivity contribution is -0.276. The summed E-state index contributed by atoms with van der Waals surface area (Å²) in [7, 11) is 0. The monoisotopic (exact) mass is 411 g/mol. The van der Waals surface area contributed by atoms with Crippen LogP contribution in [0, 0.1) is 3.70 Å². The van der Waals surface area contributed by atoms with Crippen LogP contribution in [0.1, 0.15) is 29.3 Å². The molecule has 0 N–H and O–H groups in total. The summed E-state index contributed by atoms with van der Waals surface area (Å²) < 4.78 is 70.2. The van der Waals surface area contributed by atoms with Crippen molar-refractivity contribution in [1.82, 2.24) is 4.98 Å². The fourth-order valence-electron chi connectivity index (χ4n) is 1.27. The Balaban J connectivity index is 3.43. The van der Waals surface area contributed by atoms with Gasteiger partial charge < -0.3 is 9.47 Å². The Hall–Kier alpha value is -1.20. The number of halogens is 6. The van der Waals surface area contributed by atoms with Gasteiger partial charge in [0.2, 0.25) is 5.88 Å². The normalized spacial score (nSPS) is 11.6. The molecule has 0 aliphatic rings. The summed E-state index contributed by atoms with van der Waals surface area (Å²) in [4.78, 5) is 14.9. The van der Waals surface area contributed by atoms with Crippen LogP contribution in [0.15, 0.2) is 6.07 Å². The molecule has 1 aromatic rings. The predicted octanol–water partition coefficient (Wildman–Crippen LogP) is 3.70. The Bertz CT molecular complexity index is 506. The van der Waals surface area contributed by atoms with Crippen molar-refractivity contribution in [3.8, 4) is 5.88 Å². The second-order valence-electron chi connectivity index (χ2n) is 3.28. The number of hydrogen-bond donors (Lipinski definition) is 0.